The number of nitrogens with one attached hydrogen (secondary N) is 1. The molecule has 0 aliphatic carbocycles. The van der Waals surface area contributed by atoms with E-state index in [1.54, 1.807) is 14.2 Å². The summed E-state index contributed by atoms with van der Waals surface area (Å²) in [5.74, 6) is 0. The molecule has 0 bridgehead atoms. The molecule has 1 atom stereocenters. The summed E-state index contributed by atoms with van der Waals surface area (Å²) in [7, 11) is 8.41. The van der Waals surface area contributed by atoms with E-state index >= 15 is 0 Å². The molecule has 70 valence electrons. The summed E-state index contributed by atoms with van der Waals surface area (Å²) in [5.41, 5.74) is 0. The van der Waals surface area contributed by atoms with Gasteiger partial charge in [0.05, 0.1) is 33.3 Å². The monoisotopic (exact) mass is 173 g/mol. The highest BCUT2D eigenvalue weighted by Crippen LogP contribution is 1.90. The molecular weight excluding hydrogens is 157 g/mol. The zero-order valence-corrected chi connectivity index (χ0v) is 7.62. The molecule has 2 N–H and O–H groups in total. The lowest BCUT2D eigenvalue weighted by atomic mass is 10.0. The summed E-state index contributed by atoms with van der Waals surface area (Å²) in [4.78, 5) is 0. The predicted octanol–water partition coefficient (Wildman–Crippen LogP) is -0.857. The molecule has 0 aromatic carbocycles. The Morgan fingerprint density at radius 1 is 1.33 bits per heavy atom. The highest BCUT2D eigenvalue weighted by Gasteiger charge is 2.10. The van der Waals surface area contributed by atoms with E-state index < -0.39 is 6.23 Å². The van der Waals surface area contributed by atoms with Crippen LogP contribution in [-0.2, 0) is 9.47 Å². The first kappa shape index (κ1) is 11.9. The lowest BCUT2D eigenvalue weighted by molar-refractivity contribution is 0.0621. The van der Waals surface area contributed by atoms with Crippen molar-refractivity contribution in [1.29, 1.82) is 0 Å². The first-order valence-electron chi connectivity index (χ1n) is 3.86. The molecule has 5 heteroatoms. The van der Waals surface area contributed by atoms with Crippen LogP contribution in [0.4, 0.5) is 0 Å². The third-order valence-corrected chi connectivity index (χ3v) is 1.39. The van der Waals surface area contributed by atoms with Gasteiger partial charge in [0.25, 0.3) is 0 Å². The van der Waals surface area contributed by atoms with Gasteiger partial charge in [-0.15, -0.1) is 0 Å². The summed E-state index contributed by atoms with van der Waals surface area (Å²) in [6, 6.07) is -0.0152. The average molecular weight is 173 g/mol. The minimum atomic E-state index is -0.694. The summed E-state index contributed by atoms with van der Waals surface area (Å²) in [6.07, 6.45) is -0.510. The van der Waals surface area contributed by atoms with Crippen molar-refractivity contribution in [3.05, 3.63) is 0 Å². The zero-order chi connectivity index (χ0) is 9.40. The standard InChI is InChI=1S/C7H16BNO3/c1-11-4-6(5-12-2)9-7(10)3-8/h6-7,9-10H,3-5H2,1-2H3. The van der Waals surface area contributed by atoms with Gasteiger partial charge >= 0.3 is 0 Å². The molecule has 4 nitrogen and oxygen atoms in total. The van der Waals surface area contributed by atoms with Gasteiger partial charge in [-0.05, 0) is 6.32 Å². The molecule has 0 aliphatic heterocycles. The number of aliphatic hydroxyl groups is 1. The highest BCUT2D eigenvalue weighted by molar-refractivity contribution is 6.08. The van der Waals surface area contributed by atoms with Crippen LogP contribution in [-0.4, -0.2) is 52.7 Å². The Labute approximate surface area is 74.7 Å². The molecule has 0 saturated heterocycles. The number of rotatable bonds is 7. The molecule has 0 aromatic rings. The van der Waals surface area contributed by atoms with Crippen LogP contribution >= 0.6 is 0 Å². The number of aliphatic hydroxyl groups excluding tert-OH is 1. The zero-order valence-electron chi connectivity index (χ0n) is 7.62. The molecule has 2 radical (unpaired) electrons. The molecule has 1 unspecified atom stereocenters. The Hall–Kier alpha value is -0.0951. The van der Waals surface area contributed by atoms with E-state index in [9.17, 15) is 0 Å². The number of ether oxygens (including phenoxy) is 2. The molecule has 12 heavy (non-hydrogen) atoms. The highest BCUT2D eigenvalue weighted by atomic mass is 16.5. The van der Waals surface area contributed by atoms with Gasteiger partial charge in [0.1, 0.15) is 0 Å². The topological polar surface area (TPSA) is 50.7 Å². The normalized spacial score (nSPS) is 13.7. The largest absolute Gasteiger partial charge is 0.383 e. The van der Waals surface area contributed by atoms with Gasteiger partial charge < -0.3 is 14.6 Å². The van der Waals surface area contributed by atoms with E-state index in [0.29, 0.717) is 13.2 Å². The van der Waals surface area contributed by atoms with Crippen molar-refractivity contribution in [3.63, 3.8) is 0 Å². The van der Waals surface area contributed by atoms with Crippen LogP contribution in [0.2, 0.25) is 6.32 Å². The van der Waals surface area contributed by atoms with Gasteiger partial charge in [0.2, 0.25) is 0 Å². The quantitative estimate of drug-likeness (QED) is 0.388. The summed E-state index contributed by atoms with van der Waals surface area (Å²) < 4.78 is 9.81. The van der Waals surface area contributed by atoms with Crippen molar-refractivity contribution >= 4 is 7.85 Å². The van der Waals surface area contributed by atoms with Gasteiger partial charge in [-0.2, -0.15) is 0 Å². The van der Waals surface area contributed by atoms with Crippen LogP contribution in [0.3, 0.4) is 0 Å². The van der Waals surface area contributed by atoms with Crippen molar-refractivity contribution in [2.75, 3.05) is 27.4 Å². The average Bonchev–Trinajstić information content (AvgIpc) is 2.05. The molecule has 0 amide bonds. The fraction of sp³-hybridized carbons (Fsp3) is 1.00. The Balaban J connectivity index is 3.61. The summed E-state index contributed by atoms with van der Waals surface area (Å²) in [5, 5.41) is 12.0. The molecule has 0 heterocycles. The van der Waals surface area contributed by atoms with Gasteiger partial charge in [0, 0.05) is 14.2 Å². The minimum Gasteiger partial charge on any atom is -0.383 e. The lowest BCUT2D eigenvalue weighted by Gasteiger charge is -2.20. The van der Waals surface area contributed by atoms with Crippen molar-refractivity contribution in [2.45, 2.75) is 18.6 Å². The van der Waals surface area contributed by atoms with Gasteiger partial charge in [-0.1, -0.05) is 0 Å². The first-order valence-corrected chi connectivity index (χ1v) is 3.86. The Morgan fingerprint density at radius 3 is 2.17 bits per heavy atom. The maximum atomic E-state index is 9.13. The Kier molecular flexibility index (Phi) is 7.49. The molecule has 0 rings (SSSR count). The molecular formula is C7H16BNO3. The van der Waals surface area contributed by atoms with E-state index in [4.69, 9.17) is 22.4 Å². The van der Waals surface area contributed by atoms with Gasteiger partial charge in [-0.3, -0.25) is 5.32 Å². The smallest absolute Gasteiger partial charge is 0.0970 e. The molecule has 0 spiro atoms. The maximum absolute atomic E-state index is 9.13. The molecule has 0 aliphatic rings. The summed E-state index contributed by atoms with van der Waals surface area (Å²) >= 11 is 0. The van der Waals surface area contributed by atoms with E-state index in [1.165, 1.54) is 0 Å². The third-order valence-electron chi connectivity index (χ3n) is 1.39. The van der Waals surface area contributed by atoms with Crippen LogP contribution in [0.15, 0.2) is 0 Å². The second kappa shape index (κ2) is 7.55. The molecule has 0 fully saturated rings. The number of hydrogen-bond acceptors (Lipinski definition) is 4. The van der Waals surface area contributed by atoms with E-state index in [-0.39, 0.29) is 12.4 Å². The maximum Gasteiger partial charge on any atom is 0.0970 e. The predicted molar refractivity (Wildman–Crippen MR) is 47.2 cm³/mol. The van der Waals surface area contributed by atoms with E-state index in [1.807, 2.05) is 0 Å². The van der Waals surface area contributed by atoms with Crippen LogP contribution in [0.1, 0.15) is 0 Å². The fourth-order valence-electron chi connectivity index (χ4n) is 0.887. The lowest BCUT2D eigenvalue weighted by Crippen LogP contribution is -2.43. The minimum absolute atomic E-state index is 0.0152. The van der Waals surface area contributed by atoms with Crippen molar-refractivity contribution < 1.29 is 14.6 Å². The Bertz CT molecular complexity index is 98.7. The molecule has 0 saturated carbocycles. The van der Waals surface area contributed by atoms with E-state index in [0.717, 1.165) is 0 Å². The van der Waals surface area contributed by atoms with Crippen molar-refractivity contribution in [1.82, 2.24) is 5.32 Å². The summed E-state index contributed by atoms with van der Waals surface area (Å²) in [6.45, 7) is 0.982. The van der Waals surface area contributed by atoms with Gasteiger partial charge in [-0.25, -0.2) is 0 Å². The first-order chi connectivity index (χ1) is 5.74. The van der Waals surface area contributed by atoms with E-state index in [2.05, 4.69) is 5.32 Å². The van der Waals surface area contributed by atoms with Crippen molar-refractivity contribution in [2.24, 2.45) is 0 Å². The van der Waals surface area contributed by atoms with Crippen LogP contribution in [0, 0.1) is 0 Å². The van der Waals surface area contributed by atoms with Gasteiger partial charge in [0.15, 0.2) is 0 Å². The fourth-order valence-corrected chi connectivity index (χ4v) is 0.887. The van der Waals surface area contributed by atoms with Crippen LogP contribution < -0.4 is 5.32 Å². The SMILES string of the molecule is [B]CC(O)NC(COC)COC. The van der Waals surface area contributed by atoms with Crippen molar-refractivity contribution in [3.8, 4) is 0 Å². The number of hydrogen-bond donors (Lipinski definition) is 2. The number of methoxy groups -OCH3 is 2. The second-order valence-corrected chi connectivity index (χ2v) is 2.53. The second-order valence-electron chi connectivity index (χ2n) is 2.53. The van der Waals surface area contributed by atoms with Crippen LogP contribution in [0.5, 0.6) is 0 Å². The Morgan fingerprint density at radius 2 is 1.83 bits per heavy atom. The third kappa shape index (κ3) is 5.54. The van der Waals surface area contributed by atoms with Crippen LogP contribution in [0.25, 0.3) is 0 Å². The molecule has 0 aromatic heterocycles.